The molecule has 0 spiro atoms. The smallest absolute Gasteiger partial charge is 0.343 e. The molecule has 4 nitrogen and oxygen atoms in total. The number of hydroxylamine groups is 2. The molecule has 0 bridgehead atoms. The van der Waals surface area contributed by atoms with Crippen molar-refractivity contribution in [3.63, 3.8) is 0 Å². The molecule has 1 fully saturated rings. The first kappa shape index (κ1) is 18.4. The summed E-state index contributed by atoms with van der Waals surface area (Å²) in [5.74, 6) is 0.224. The lowest BCUT2D eigenvalue weighted by Gasteiger charge is -2.44. The first-order chi connectivity index (χ1) is 11.4. The van der Waals surface area contributed by atoms with E-state index < -0.39 is 17.0 Å². The maximum atomic E-state index is 12.9. The summed E-state index contributed by atoms with van der Waals surface area (Å²) in [7, 11) is 0. The van der Waals surface area contributed by atoms with Crippen LogP contribution in [-0.2, 0) is 9.94 Å². The molecule has 1 radical (unpaired) electrons. The minimum atomic E-state index is -0.630. The number of esters is 1. The molecule has 1 aliphatic heterocycles. The Balaban J connectivity index is 1.99. The predicted octanol–water partition coefficient (Wildman–Crippen LogP) is 5.16. The molecule has 0 saturated carbocycles. The van der Waals surface area contributed by atoms with Gasteiger partial charge in [-0.25, -0.2) is 4.79 Å². The second-order valence-corrected chi connectivity index (χ2v) is 9.31. The van der Waals surface area contributed by atoms with E-state index in [4.69, 9.17) is 16.3 Å². The van der Waals surface area contributed by atoms with Crippen LogP contribution in [0.2, 0.25) is 5.02 Å². The highest BCUT2D eigenvalue weighted by atomic mass is 35.5. The van der Waals surface area contributed by atoms with E-state index in [9.17, 15) is 10.0 Å². The molecule has 25 heavy (non-hydrogen) atoms. The van der Waals surface area contributed by atoms with Gasteiger partial charge in [-0.1, -0.05) is 31.5 Å². The van der Waals surface area contributed by atoms with Gasteiger partial charge in [-0.2, -0.15) is 0 Å². The number of carbonyl (C=O) groups is 1. The third kappa shape index (κ3) is 3.23. The van der Waals surface area contributed by atoms with E-state index in [-0.39, 0.29) is 5.41 Å². The summed E-state index contributed by atoms with van der Waals surface area (Å²) < 4.78 is 5.81. The van der Waals surface area contributed by atoms with Crippen LogP contribution in [0.3, 0.4) is 0 Å². The SMILES string of the molecule is CC1(C)CC(OC(=O)c2cccc(Cl)c2)=C2CC(C)(C)N([O])[C@@]2(C)C1. The second kappa shape index (κ2) is 5.83. The Bertz CT molecular complexity index is 753. The summed E-state index contributed by atoms with van der Waals surface area (Å²) in [4.78, 5) is 12.6. The molecule has 1 saturated heterocycles. The van der Waals surface area contributed by atoms with Gasteiger partial charge in [-0.3, -0.25) is 0 Å². The minimum Gasteiger partial charge on any atom is -0.427 e. The van der Waals surface area contributed by atoms with Crippen molar-refractivity contribution < 1.29 is 14.7 Å². The average Bonchev–Trinajstić information content (AvgIpc) is 2.66. The van der Waals surface area contributed by atoms with Crippen LogP contribution in [-0.4, -0.2) is 22.1 Å². The Kier molecular flexibility index (Phi) is 4.30. The monoisotopic (exact) mass is 362 g/mol. The zero-order valence-electron chi connectivity index (χ0n) is 15.5. The molecule has 1 aromatic rings. The second-order valence-electron chi connectivity index (χ2n) is 8.88. The lowest BCUT2D eigenvalue weighted by molar-refractivity contribution is -0.251. The Morgan fingerprint density at radius 1 is 1.16 bits per heavy atom. The topological polar surface area (TPSA) is 49.4 Å². The van der Waals surface area contributed by atoms with E-state index in [1.165, 1.54) is 5.06 Å². The van der Waals surface area contributed by atoms with Crippen LogP contribution in [0.25, 0.3) is 0 Å². The lowest BCUT2D eigenvalue weighted by Crippen LogP contribution is -2.50. The van der Waals surface area contributed by atoms with E-state index >= 15 is 0 Å². The molecule has 1 aromatic carbocycles. The quantitative estimate of drug-likeness (QED) is 0.683. The van der Waals surface area contributed by atoms with Crippen LogP contribution < -0.4 is 0 Å². The number of fused-ring (bicyclic) bond motifs is 1. The van der Waals surface area contributed by atoms with Gasteiger partial charge >= 0.3 is 5.97 Å². The van der Waals surface area contributed by atoms with Crippen molar-refractivity contribution in [2.24, 2.45) is 5.41 Å². The molecule has 0 N–H and O–H groups in total. The maximum absolute atomic E-state index is 12.9. The van der Waals surface area contributed by atoms with E-state index in [2.05, 4.69) is 13.8 Å². The van der Waals surface area contributed by atoms with Gasteiger partial charge in [0.25, 0.3) is 0 Å². The van der Waals surface area contributed by atoms with Gasteiger partial charge in [0, 0.05) is 17.0 Å². The fourth-order valence-electron chi connectivity index (χ4n) is 4.48. The van der Waals surface area contributed by atoms with E-state index in [1.54, 1.807) is 24.3 Å². The zero-order valence-corrected chi connectivity index (χ0v) is 16.2. The molecule has 0 amide bonds. The van der Waals surface area contributed by atoms with Gasteiger partial charge in [-0.05, 0) is 62.8 Å². The van der Waals surface area contributed by atoms with Gasteiger partial charge in [0.2, 0.25) is 0 Å². The standard InChI is InChI=1S/C20H25ClNO3/c1-18(2)11-16(25-17(23)13-7-6-8-14(21)9-13)15-10-19(3,4)22(24)20(15,5)12-18/h6-9H,10-12H2,1-5H3/t20-/m0/s1. The summed E-state index contributed by atoms with van der Waals surface area (Å²) >= 11 is 5.98. The van der Waals surface area contributed by atoms with Gasteiger partial charge in [-0.15, -0.1) is 10.3 Å². The molecule has 2 aliphatic rings. The lowest BCUT2D eigenvalue weighted by atomic mass is 9.68. The number of benzene rings is 1. The summed E-state index contributed by atoms with van der Waals surface area (Å²) in [5.41, 5.74) is 0.128. The molecule has 0 unspecified atom stereocenters. The van der Waals surface area contributed by atoms with Crippen molar-refractivity contribution >= 4 is 17.6 Å². The molecular weight excluding hydrogens is 338 g/mol. The van der Waals surface area contributed by atoms with Crippen LogP contribution in [0.15, 0.2) is 35.6 Å². The number of hydrogen-bond donors (Lipinski definition) is 0. The molecule has 135 valence electrons. The minimum absolute atomic E-state index is 0.120. The fraction of sp³-hybridized carbons (Fsp3) is 0.550. The first-order valence-corrected chi connectivity index (χ1v) is 9.00. The average molecular weight is 363 g/mol. The van der Waals surface area contributed by atoms with Crippen molar-refractivity contribution in [2.45, 2.75) is 65.0 Å². The van der Waals surface area contributed by atoms with E-state index in [0.717, 1.165) is 12.0 Å². The van der Waals surface area contributed by atoms with Crippen molar-refractivity contribution in [3.05, 3.63) is 46.2 Å². The number of nitrogens with zero attached hydrogens (tertiary/aromatic N) is 1. The Labute approximate surface area is 154 Å². The number of hydrogen-bond acceptors (Lipinski definition) is 3. The third-order valence-corrected chi connectivity index (χ3v) is 5.57. The molecule has 3 rings (SSSR count). The third-order valence-electron chi connectivity index (χ3n) is 5.33. The first-order valence-electron chi connectivity index (χ1n) is 8.62. The van der Waals surface area contributed by atoms with Crippen LogP contribution in [0.4, 0.5) is 0 Å². The Hall–Kier alpha value is -1.36. The van der Waals surface area contributed by atoms with Crippen molar-refractivity contribution in [3.8, 4) is 0 Å². The maximum Gasteiger partial charge on any atom is 0.343 e. The van der Waals surface area contributed by atoms with Crippen molar-refractivity contribution in [2.75, 3.05) is 0 Å². The molecule has 1 heterocycles. The van der Waals surface area contributed by atoms with Gasteiger partial charge in [0.1, 0.15) is 5.76 Å². The predicted molar refractivity (Wildman–Crippen MR) is 96.5 cm³/mol. The number of ether oxygens (including phenoxy) is 1. The molecule has 5 heteroatoms. The van der Waals surface area contributed by atoms with Crippen LogP contribution in [0.1, 0.15) is 64.2 Å². The van der Waals surface area contributed by atoms with Crippen molar-refractivity contribution in [1.82, 2.24) is 5.06 Å². The molecular formula is C20H25ClNO3. The highest BCUT2D eigenvalue weighted by molar-refractivity contribution is 6.30. The number of allylic oxidation sites excluding steroid dienone is 1. The van der Waals surface area contributed by atoms with Gasteiger partial charge in [0.15, 0.2) is 0 Å². The summed E-state index contributed by atoms with van der Waals surface area (Å²) in [6, 6.07) is 6.73. The Morgan fingerprint density at radius 2 is 1.84 bits per heavy atom. The number of carbonyl (C=O) groups excluding carboxylic acids is 1. The van der Waals surface area contributed by atoms with Crippen LogP contribution >= 0.6 is 11.6 Å². The summed E-state index contributed by atoms with van der Waals surface area (Å²) in [5, 5.41) is 14.6. The van der Waals surface area contributed by atoms with E-state index in [1.807, 2.05) is 20.8 Å². The van der Waals surface area contributed by atoms with Crippen molar-refractivity contribution in [1.29, 1.82) is 0 Å². The Morgan fingerprint density at radius 3 is 2.48 bits per heavy atom. The summed E-state index contributed by atoms with van der Waals surface area (Å²) in [6.45, 7) is 10.1. The van der Waals surface area contributed by atoms with E-state index in [0.29, 0.717) is 29.2 Å². The molecule has 0 aromatic heterocycles. The van der Waals surface area contributed by atoms with Gasteiger partial charge < -0.3 is 4.74 Å². The summed E-state index contributed by atoms with van der Waals surface area (Å²) in [6.07, 6.45) is 2.01. The number of halogens is 1. The zero-order chi connectivity index (χ0) is 18.6. The highest BCUT2D eigenvalue weighted by Gasteiger charge is 2.57. The normalized spacial score (nSPS) is 28.0. The number of rotatable bonds is 2. The highest BCUT2D eigenvalue weighted by Crippen LogP contribution is 2.55. The van der Waals surface area contributed by atoms with Gasteiger partial charge in [0.05, 0.1) is 11.1 Å². The molecule has 1 atom stereocenters. The molecule has 1 aliphatic carbocycles. The fourth-order valence-corrected chi connectivity index (χ4v) is 4.67. The largest absolute Gasteiger partial charge is 0.427 e. The van der Waals surface area contributed by atoms with Crippen LogP contribution in [0, 0.1) is 5.41 Å². The van der Waals surface area contributed by atoms with Crippen LogP contribution in [0.5, 0.6) is 0 Å².